The van der Waals surface area contributed by atoms with Crippen LogP contribution in [0.4, 0.5) is 5.82 Å². The number of hydrogen-bond donors (Lipinski definition) is 3. The maximum Gasteiger partial charge on any atom is 0.151 e. The van der Waals surface area contributed by atoms with E-state index in [0.29, 0.717) is 17.3 Å². The molecule has 3 aromatic rings. The number of benzene rings is 1. The topological polar surface area (TPSA) is 90.0 Å². The molecule has 3 heterocycles. The first-order valence-corrected chi connectivity index (χ1v) is 10.3. The van der Waals surface area contributed by atoms with E-state index in [4.69, 9.17) is 0 Å². The van der Waals surface area contributed by atoms with Gasteiger partial charge in [-0.1, -0.05) is 6.07 Å². The number of H-pyrrole nitrogens is 1. The van der Waals surface area contributed by atoms with Gasteiger partial charge in [-0.05, 0) is 70.4 Å². The van der Waals surface area contributed by atoms with Crippen LogP contribution in [0.25, 0.3) is 22.4 Å². The molecular formula is C23H30N6O. The molecule has 0 spiro atoms. The molecule has 0 atom stereocenters. The lowest BCUT2D eigenvalue weighted by Gasteiger charge is -2.49. The van der Waals surface area contributed by atoms with Crippen LogP contribution >= 0.6 is 0 Å². The van der Waals surface area contributed by atoms with Crippen molar-refractivity contribution in [3.63, 3.8) is 0 Å². The molecule has 0 saturated carbocycles. The highest BCUT2D eigenvalue weighted by atomic mass is 16.3. The number of nitrogens with zero attached hydrogens (tertiary/aromatic N) is 4. The number of aromatic hydroxyl groups is 1. The van der Waals surface area contributed by atoms with Crippen molar-refractivity contribution >= 4 is 5.82 Å². The molecule has 0 aliphatic carbocycles. The van der Waals surface area contributed by atoms with Gasteiger partial charge in [-0.3, -0.25) is 5.10 Å². The zero-order valence-electron chi connectivity index (χ0n) is 18.3. The normalized spacial score (nSPS) is 18.3. The summed E-state index contributed by atoms with van der Waals surface area (Å²) < 4.78 is 0. The third-order valence-electron chi connectivity index (χ3n) is 5.83. The fraction of sp³-hybridized carbons (Fsp3) is 0.435. The lowest BCUT2D eigenvalue weighted by Crippen LogP contribution is -2.62. The summed E-state index contributed by atoms with van der Waals surface area (Å²) in [7, 11) is 2.09. The van der Waals surface area contributed by atoms with Crippen molar-refractivity contribution in [2.75, 3.05) is 11.9 Å². The van der Waals surface area contributed by atoms with Gasteiger partial charge in [-0.2, -0.15) is 5.10 Å². The number of aromatic amines is 1. The molecule has 1 aromatic carbocycles. The van der Waals surface area contributed by atoms with Crippen molar-refractivity contribution in [2.45, 2.75) is 57.7 Å². The number of phenols is 1. The second kappa shape index (κ2) is 7.40. The first-order chi connectivity index (χ1) is 14.1. The minimum Gasteiger partial charge on any atom is -0.507 e. The van der Waals surface area contributed by atoms with Gasteiger partial charge in [0.1, 0.15) is 5.75 Å². The summed E-state index contributed by atoms with van der Waals surface area (Å²) in [4.78, 5) is 2.23. The minimum absolute atomic E-state index is 0.0660. The van der Waals surface area contributed by atoms with Gasteiger partial charge >= 0.3 is 0 Å². The molecule has 1 fully saturated rings. The molecule has 1 aliphatic heterocycles. The van der Waals surface area contributed by atoms with Crippen molar-refractivity contribution in [1.29, 1.82) is 0 Å². The summed E-state index contributed by atoms with van der Waals surface area (Å²) in [6, 6.07) is 9.81. The highest BCUT2D eigenvalue weighted by molar-refractivity contribution is 5.73. The average molecular weight is 407 g/mol. The van der Waals surface area contributed by atoms with E-state index >= 15 is 0 Å². The van der Waals surface area contributed by atoms with Gasteiger partial charge in [0.15, 0.2) is 5.82 Å². The molecule has 2 aromatic heterocycles. The third-order valence-corrected chi connectivity index (χ3v) is 5.83. The van der Waals surface area contributed by atoms with Crippen LogP contribution < -0.4 is 10.2 Å². The zero-order chi connectivity index (χ0) is 21.5. The fourth-order valence-electron chi connectivity index (χ4n) is 4.72. The molecule has 158 valence electrons. The van der Waals surface area contributed by atoms with E-state index in [1.807, 2.05) is 24.3 Å². The largest absolute Gasteiger partial charge is 0.507 e. The Kier molecular flexibility index (Phi) is 5.02. The maximum absolute atomic E-state index is 10.5. The maximum atomic E-state index is 10.5. The van der Waals surface area contributed by atoms with Gasteiger partial charge in [-0.25, -0.2) is 0 Å². The molecule has 0 unspecified atom stereocenters. The monoisotopic (exact) mass is 406 g/mol. The van der Waals surface area contributed by atoms with Crippen molar-refractivity contribution in [2.24, 2.45) is 0 Å². The Morgan fingerprint density at radius 2 is 1.73 bits per heavy atom. The molecule has 0 bridgehead atoms. The average Bonchev–Trinajstić information content (AvgIpc) is 3.20. The number of rotatable bonds is 4. The van der Waals surface area contributed by atoms with Crippen molar-refractivity contribution < 1.29 is 5.11 Å². The van der Waals surface area contributed by atoms with Crippen LogP contribution in [0.3, 0.4) is 0 Å². The van der Waals surface area contributed by atoms with Crippen LogP contribution in [0.15, 0.2) is 42.7 Å². The molecular weight excluding hydrogens is 376 g/mol. The Labute approximate surface area is 177 Å². The number of aromatic nitrogens is 4. The Morgan fingerprint density at radius 3 is 2.30 bits per heavy atom. The Bertz CT molecular complexity index is 995. The van der Waals surface area contributed by atoms with E-state index in [-0.39, 0.29) is 16.8 Å². The van der Waals surface area contributed by atoms with Gasteiger partial charge in [0.2, 0.25) is 0 Å². The van der Waals surface area contributed by atoms with E-state index in [1.165, 1.54) is 0 Å². The second-order valence-electron chi connectivity index (χ2n) is 9.56. The molecule has 30 heavy (non-hydrogen) atoms. The minimum atomic E-state index is 0.0660. The molecule has 7 nitrogen and oxygen atoms in total. The predicted octanol–water partition coefficient (Wildman–Crippen LogP) is 3.98. The Hall–Kier alpha value is -2.93. The summed E-state index contributed by atoms with van der Waals surface area (Å²) in [5.41, 5.74) is 3.26. The van der Waals surface area contributed by atoms with Crippen molar-refractivity contribution in [3.05, 3.63) is 42.7 Å². The van der Waals surface area contributed by atoms with E-state index in [1.54, 1.807) is 18.5 Å². The van der Waals surface area contributed by atoms with Crippen LogP contribution in [-0.4, -0.2) is 49.7 Å². The molecule has 7 heteroatoms. The first-order valence-electron chi connectivity index (χ1n) is 10.3. The van der Waals surface area contributed by atoms with Gasteiger partial charge in [0, 0.05) is 41.5 Å². The molecule has 0 amide bonds. The molecule has 3 N–H and O–H groups in total. The molecule has 0 radical (unpaired) electrons. The highest BCUT2D eigenvalue weighted by Gasteiger charge is 2.39. The van der Waals surface area contributed by atoms with E-state index in [2.05, 4.69) is 65.4 Å². The molecule has 1 aliphatic rings. The van der Waals surface area contributed by atoms with Crippen LogP contribution in [0.1, 0.15) is 40.5 Å². The molecule has 1 saturated heterocycles. The standard InChI is InChI=1S/C23H30N6O/c1-22(2)11-17(12-23(3,4)28-22)29(5)21-9-8-19(26-27-21)18-7-6-15(10-20(18)30)16-13-24-25-14-16/h6-10,13-14,17,28,30H,11-12H2,1-5H3,(H,24,25). The summed E-state index contributed by atoms with van der Waals surface area (Å²) in [5, 5.41) is 29.9. The first kappa shape index (κ1) is 20.3. The van der Waals surface area contributed by atoms with Gasteiger partial charge in [-0.15, -0.1) is 10.2 Å². The Balaban J connectivity index is 1.54. The number of phenolic OH excluding ortho intramolecular Hbond substituents is 1. The van der Waals surface area contributed by atoms with Crippen LogP contribution in [0.5, 0.6) is 5.75 Å². The Morgan fingerprint density at radius 1 is 1.00 bits per heavy atom. The smallest absolute Gasteiger partial charge is 0.151 e. The van der Waals surface area contributed by atoms with Crippen molar-refractivity contribution in [3.8, 4) is 28.1 Å². The SMILES string of the molecule is CN(c1ccc(-c2ccc(-c3cn[nH]c3)cc2O)nn1)C1CC(C)(C)NC(C)(C)C1. The summed E-state index contributed by atoms with van der Waals surface area (Å²) >= 11 is 0. The quantitative estimate of drug-likeness (QED) is 0.607. The van der Waals surface area contributed by atoms with E-state index < -0.39 is 0 Å². The highest BCUT2D eigenvalue weighted by Crippen LogP contribution is 2.34. The third kappa shape index (κ3) is 4.16. The number of hydrogen-bond acceptors (Lipinski definition) is 6. The second-order valence-corrected chi connectivity index (χ2v) is 9.56. The van der Waals surface area contributed by atoms with Crippen LogP contribution in [0, 0.1) is 0 Å². The van der Waals surface area contributed by atoms with E-state index in [9.17, 15) is 5.11 Å². The predicted molar refractivity (Wildman–Crippen MR) is 119 cm³/mol. The van der Waals surface area contributed by atoms with Gasteiger partial charge < -0.3 is 15.3 Å². The summed E-state index contributed by atoms with van der Waals surface area (Å²) in [5.74, 6) is 1.01. The lowest BCUT2D eigenvalue weighted by atomic mass is 9.79. The summed E-state index contributed by atoms with van der Waals surface area (Å²) in [6.45, 7) is 9.00. The lowest BCUT2D eigenvalue weighted by molar-refractivity contribution is 0.160. The van der Waals surface area contributed by atoms with Crippen molar-refractivity contribution in [1.82, 2.24) is 25.7 Å². The van der Waals surface area contributed by atoms with E-state index in [0.717, 1.165) is 29.8 Å². The number of piperidine rings is 1. The molecule has 4 rings (SSSR count). The van der Waals surface area contributed by atoms with Gasteiger partial charge in [0.05, 0.1) is 11.9 Å². The number of anilines is 1. The van der Waals surface area contributed by atoms with Gasteiger partial charge in [0.25, 0.3) is 0 Å². The van der Waals surface area contributed by atoms with Crippen LogP contribution in [-0.2, 0) is 0 Å². The summed E-state index contributed by atoms with van der Waals surface area (Å²) in [6.07, 6.45) is 5.59. The number of nitrogens with one attached hydrogen (secondary N) is 2. The zero-order valence-corrected chi connectivity index (χ0v) is 18.3. The fourth-order valence-corrected chi connectivity index (χ4v) is 4.72. The van der Waals surface area contributed by atoms with Crippen LogP contribution in [0.2, 0.25) is 0 Å².